The molecule has 0 amide bonds. The van der Waals surface area contributed by atoms with Gasteiger partial charge in [-0.3, -0.25) is 0 Å². The molecule has 0 aliphatic carbocycles. The second kappa shape index (κ2) is 3.85. The Morgan fingerprint density at radius 3 is 2.54 bits per heavy atom. The van der Waals surface area contributed by atoms with Gasteiger partial charge in [-0.2, -0.15) is 0 Å². The SMILES string of the molecule is CON(F)c1cc(Cl)cc(F)c1F. The van der Waals surface area contributed by atoms with E-state index in [1.807, 2.05) is 0 Å². The van der Waals surface area contributed by atoms with Crippen molar-refractivity contribution in [3.8, 4) is 0 Å². The van der Waals surface area contributed by atoms with Crippen LogP contribution in [0.5, 0.6) is 0 Å². The summed E-state index contributed by atoms with van der Waals surface area (Å²) in [7, 11) is 0.970. The van der Waals surface area contributed by atoms with Crippen LogP contribution in [0.4, 0.5) is 18.9 Å². The lowest BCUT2D eigenvalue weighted by molar-refractivity contribution is 0.0574. The predicted octanol–water partition coefficient (Wildman–Crippen LogP) is 2.87. The summed E-state index contributed by atoms with van der Waals surface area (Å²) in [6.45, 7) is 0. The van der Waals surface area contributed by atoms with Crippen LogP contribution < -0.4 is 5.29 Å². The molecule has 0 atom stereocenters. The quantitative estimate of drug-likeness (QED) is 0.424. The molecule has 0 N–H and O–H groups in total. The third-order valence-electron chi connectivity index (χ3n) is 1.32. The van der Waals surface area contributed by atoms with Gasteiger partial charge in [0.15, 0.2) is 11.6 Å². The maximum absolute atomic E-state index is 12.8. The molecule has 2 nitrogen and oxygen atoms in total. The van der Waals surface area contributed by atoms with Crippen molar-refractivity contribution in [2.24, 2.45) is 0 Å². The molecule has 0 unspecified atom stereocenters. The van der Waals surface area contributed by atoms with Gasteiger partial charge in [-0.05, 0) is 12.1 Å². The third kappa shape index (κ3) is 2.05. The summed E-state index contributed by atoms with van der Waals surface area (Å²) in [6, 6.07) is 1.65. The second-order valence-electron chi connectivity index (χ2n) is 2.15. The molecule has 0 radical (unpaired) electrons. The van der Waals surface area contributed by atoms with Gasteiger partial charge in [0.25, 0.3) is 0 Å². The van der Waals surface area contributed by atoms with Gasteiger partial charge < -0.3 is 0 Å². The average Bonchev–Trinajstić information content (AvgIpc) is 2.10. The lowest BCUT2D eigenvalue weighted by atomic mass is 10.3. The van der Waals surface area contributed by atoms with Crippen molar-refractivity contribution < 1.29 is 18.1 Å². The highest BCUT2D eigenvalue weighted by atomic mass is 35.5. The fourth-order valence-corrected chi connectivity index (χ4v) is 0.968. The Bertz CT molecular complexity index is 321. The molecular formula is C7H5ClF3NO. The highest BCUT2D eigenvalue weighted by Gasteiger charge is 2.16. The van der Waals surface area contributed by atoms with E-state index in [0.29, 0.717) is 0 Å². The Kier molecular flexibility index (Phi) is 3.00. The van der Waals surface area contributed by atoms with E-state index in [4.69, 9.17) is 11.6 Å². The van der Waals surface area contributed by atoms with Crippen molar-refractivity contribution in [2.45, 2.75) is 0 Å². The van der Waals surface area contributed by atoms with E-state index in [2.05, 4.69) is 4.84 Å². The van der Waals surface area contributed by atoms with Gasteiger partial charge in [0.2, 0.25) is 0 Å². The Hall–Kier alpha value is -0.940. The highest BCUT2D eigenvalue weighted by Crippen LogP contribution is 2.26. The lowest BCUT2D eigenvalue weighted by Gasteiger charge is -2.11. The molecule has 1 rings (SSSR count). The number of benzene rings is 1. The molecule has 1 aromatic rings. The summed E-state index contributed by atoms with van der Waals surface area (Å²) < 4.78 is 38.1. The Morgan fingerprint density at radius 1 is 1.38 bits per heavy atom. The zero-order chi connectivity index (χ0) is 10.0. The van der Waals surface area contributed by atoms with Crippen LogP contribution in [0.1, 0.15) is 0 Å². The second-order valence-corrected chi connectivity index (χ2v) is 2.58. The van der Waals surface area contributed by atoms with Crippen molar-refractivity contribution in [3.05, 3.63) is 28.8 Å². The molecule has 0 saturated heterocycles. The molecule has 1 aromatic carbocycles. The number of hydrogen-bond donors (Lipinski definition) is 0. The van der Waals surface area contributed by atoms with Crippen LogP contribution in [0.2, 0.25) is 5.02 Å². The van der Waals surface area contributed by atoms with Gasteiger partial charge in [0.1, 0.15) is 5.69 Å². The topological polar surface area (TPSA) is 12.5 Å². The largest absolute Gasteiger partial charge is 0.248 e. The fourth-order valence-electron chi connectivity index (χ4n) is 0.769. The van der Waals surface area contributed by atoms with E-state index in [-0.39, 0.29) is 5.02 Å². The van der Waals surface area contributed by atoms with Gasteiger partial charge in [0.05, 0.1) is 7.11 Å². The van der Waals surface area contributed by atoms with Crippen molar-refractivity contribution >= 4 is 17.3 Å². The summed E-state index contributed by atoms with van der Waals surface area (Å²) in [5.74, 6) is -2.59. The van der Waals surface area contributed by atoms with Gasteiger partial charge in [-0.25, -0.2) is 13.6 Å². The first-order valence-corrected chi connectivity index (χ1v) is 3.58. The third-order valence-corrected chi connectivity index (χ3v) is 1.54. The van der Waals surface area contributed by atoms with Crippen molar-refractivity contribution in [2.75, 3.05) is 12.4 Å². The standard InChI is InChI=1S/C7H5ClF3NO/c1-13-12(11)6-3-4(8)2-5(9)7(6)10/h2-3H,1H3. The maximum Gasteiger partial charge on any atom is 0.187 e. The minimum Gasteiger partial charge on any atom is -0.248 e. The van der Waals surface area contributed by atoms with Gasteiger partial charge in [0, 0.05) is 5.02 Å². The van der Waals surface area contributed by atoms with Crippen molar-refractivity contribution in [1.82, 2.24) is 0 Å². The molecule has 13 heavy (non-hydrogen) atoms. The van der Waals surface area contributed by atoms with Crippen LogP contribution >= 0.6 is 11.6 Å². The van der Waals surface area contributed by atoms with Crippen LogP contribution in [0, 0.1) is 11.6 Å². The first kappa shape index (κ1) is 10.1. The fraction of sp³-hybridized carbons (Fsp3) is 0.143. The van der Waals surface area contributed by atoms with Crippen LogP contribution in [0.25, 0.3) is 0 Å². The summed E-state index contributed by atoms with van der Waals surface area (Å²) in [6.07, 6.45) is 0. The Labute approximate surface area is 77.4 Å². The lowest BCUT2D eigenvalue weighted by Crippen LogP contribution is -2.11. The summed E-state index contributed by atoms with van der Waals surface area (Å²) in [5, 5.41) is -0.529. The summed E-state index contributed by atoms with van der Waals surface area (Å²) in [4.78, 5) is 4.03. The zero-order valence-corrected chi connectivity index (χ0v) is 7.28. The molecule has 0 saturated carbocycles. The molecule has 0 heterocycles. The maximum atomic E-state index is 12.8. The summed E-state index contributed by atoms with van der Waals surface area (Å²) in [5.41, 5.74) is -0.701. The van der Waals surface area contributed by atoms with Crippen LogP contribution in [0.3, 0.4) is 0 Å². The molecule has 6 heteroatoms. The molecule has 0 aliphatic heterocycles. The van der Waals surface area contributed by atoms with Crippen LogP contribution in [0.15, 0.2) is 12.1 Å². The van der Waals surface area contributed by atoms with Crippen molar-refractivity contribution in [3.63, 3.8) is 0 Å². The molecule has 0 spiro atoms. The van der Waals surface area contributed by atoms with E-state index < -0.39 is 22.6 Å². The number of anilines is 1. The zero-order valence-electron chi connectivity index (χ0n) is 6.52. The smallest absolute Gasteiger partial charge is 0.187 e. The minimum atomic E-state index is -1.35. The highest BCUT2D eigenvalue weighted by molar-refractivity contribution is 6.30. The van der Waals surface area contributed by atoms with Gasteiger partial charge >= 0.3 is 0 Å². The normalized spacial score (nSPS) is 10.2. The number of nitrogens with zero attached hydrogens (tertiary/aromatic N) is 1. The van der Waals surface area contributed by atoms with E-state index in [1.54, 1.807) is 0 Å². The average molecular weight is 212 g/mol. The monoisotopic (exact) mass is 211 g/mol. The summed E-state index contributed by atoms with van der Waals surface area (Å²) >= 11 is 5.37. The van der Waals surface area contributed by atoms with Gasteiger partial charge in [-0.1, -0.05) is 21.4 Å². The van der Waals surface area contributed by atoms with E-state index in [1.165, 1.54) is 0 Å². The number of hydrogen-bond acceptors (Lipinski definition) is 2. The van der Waals surface area contributed by atoms with Crippen LogP contribution in [-0.4, -0.2) is 7.11 Å². The number of halogens is 4. The molecule has 0 fully saturated rings. The van der Waals surface area contributed by atoms with Crippen LogP contribution in [-0.2, 0) is 4.84 Å². The minimum absolute atomic E-state index is 0.117. The Balaban J connectivity index is 3.20. The molecule has 0 aromatic heterocycles. The van der Waals surface area contributed by atoms with Crippen molar-refractivity contribution in [1.29, 1.82) is 0 Å². The number of rotatable bonds is 2. The molecule has 0 aliphatic rings. The van der Waals surface area contributed by atoms with Gasteiger partial charge in [-0.15, -0.1) is 0 Å². The Morgan fingerprint density at radius 2 is 2.00 bits per heavy atom. The van der Waals surface area contributed by atoms with E-state index in [9.17, 15) is 13.3 Å². The molecule has 72 valence electrons. The first-order valence-electron chi connectivity index (χ1n) is 3.21. The molecule has 0 bridgehead atoms. The van der Waals surface area contributed by atoms with E-state index >= 15 is 0 Å². The first-order chi connectivity index (χ1) is 6.06. The predicted molar refractivity (Wildman–Crippen MR) is 42.0 cm³/mol. The van der Waals surface area contributed by atoms with E-state index in [0.717, 1.165) is 19.2 Å². The molecular weight excluding hydrogens is 207 g/mol.